The minimum Gasteiger partial charge on any atom is -0.313 e. The van der Waals surface area contributed by atoms with Crippen LogP contribution in [0.4, 0.5) is 0 Å². The molecule has 21 heavy (non-hydrogen) atoms. The molecule has 0 aliphatic heterocycles. The first kappa shape index (κ1) is 19.0. The standard InChI is InChI=1S/C16H30BrN3S/c1-6-12(5)21-11-13(18-8-3)10-15-16(17)14(7-2)19-20(15)9-4/h12-13,18H,6-11H2,1-5H3. The van der Waals surface area contributed by atoms with Gasteiger partial charge in [-0.2, -0.15) is 16.9 Å². The minimum absolute atomic E-state index is 0.511. The summed E-state index contributed by atoms with van der Waals surface area (Å²) < 4.78 is 3.37. The second-order valence-electron chi connectivity index (χ2n) is 5.39. The average molecular weight is 376 g/mol. The van der Waals surface area contributed by atoms with E-state index in [1.165, 1.54) is 22.3 Å². The second kappa shape index (κ2) is 9.90. The van der Waals surface area contributed by atoms with Crippen LogP contribution in [0, 0.1) is 0 Å². The van der Waals surface area contributed by atoms with E-state index in [1.54, 1.807) is 0 Å². The lowest BCUT2D eigenvalue weighted by atomic mass is 10.1. The molecular weight excluding hydrogens is 346 g/mol. The van der Waals surface area contributed by atoms with Gasteiger partial charge in [-0.05, 0) is 42.2 Å². The van der Waals surface area contributed by atoms with E-state index in [4.69, 9.17) is 5.10 Å². The van der Waals surface area contributed by atoms with Crippen molar-refractivity contribution < 1.29 is 0 Å². The Labute approximate surface area is 142 Å². The molecule has 122 valence electrons. The fourth-order valence-electron chi connectivity index (χ4n) is 2.32. The number of hydrogen-bond donors (Lipinski definition) is 1. The number of aryl methyl sites for hydroxylation is 2. The summed E-state index contributed by atoms with van der Waals surface area (Å²) in [6.45, 7) is 13.0. The number of likely N-dealkylation sites (N-methyl/N-ethyl adjacent to an activating group) is 1. The molecule has 1 heterocycles. The summed E-state index contributed by atoms with van der Waals surface area (Å²) in [5.74, 6) is 1.16. The van der Waals surface area contributed by atoms with E-state index < -0.39 is 0 Å². The quantitative estimate of drug-likeness (QED) is 0.661. The van der Waals surface area contributed by atoms with Gasteiger partial charge in [0.15, 0.2) is 0 Å². The van der Waals surface area contributed by atoms with Crippen molar-refractivity contribution in [1.82, 2.24) is 15.1 Å². The van der Waals surface area contributed by atoms with Crippen LogP contribution < -0.4 is 5.32 Å². The van der Waals surface area contributed by atoms with Gasteiger partial charge in [0.05, 0.1) is 15.9 Å². The second-order valence-corrected chi connectivity index (χ2v) is 7.65. The van der Waals surface area contributed by atoms with Crippen LogP contribution in [0.1, 0.15) is 52.4 Å². The maximum atomic E-state index is 4.71. The van der Waals surface area contributed by atoms with E-state index in [2.05, 4.69) is 72.3 Å². The van der Waals surface area contributed by atoms with Gasteiger partial charge >= 0.3 is 0 Å². The van der Waals surface area contributed by atoms with Crippen LogP contribution in [-0.2, 0) is 19.4 Å². The van der Waals surface area contributed by atoms with Crippen LogP contribution in [0.15, 0.2) is 4.47 Å². The Morgan fingerprint density at radius 1 is 1.29 bits per heavy atom. The predicted molar refractivity (Wildman–Crippen MR) is 98.4 cm³/mol. The molecule has 0 amide bonds. The zero-order valence-corrected chi connectivity index (χ0v) is 16.5. The number of thioether (sulfide) groups is 1. The van der Waals surface area contributed by atoms with Crippen molar-refractivity contribution in [2.75, 3.05) is 12.3 Å². The molecule has 3 nitrogen and oxygen atoms in total. The molecule has 1 N–H and O–H groups in total. The zero-order chi connectivity index (χ0) is 15.8. The fourth-order valence-corrected chi connectivity index (χ4v) is 4.08. The Balaban J connectivity index is 2.80. The van der Waals surface area contributed by atoms with Crippen molar-refractivity contribution in [2.45, 2.75) is 71.7 Å². The minimum atomic E-state index is 0.511. The van der Waals surface area contributed by atoms with Crippen molar-refractivity contribution in [3.8, 4) is 0 Å². The summed E-state index contributed by atoms with van der Waals surface area (Å²) in [6, 6.07) is 0.511. The van der Waals surface area contributed by atoms with Crippen LogP contribution in [0.3, 0.4) is 0 Å². The lowest BCUT2D eigenvalue weighted by Crippen LogP contribution is -2.34. The van der Waals surface area contributed by atoms with Crippen molar-refractivity contribution in [1.29, 1.82) is 0 Å². The van der Waals surface area contributed by atoms with Gasteiger partial charge in [0.2, 0.25) is 0 Å². The van der Waals surface area contributed by atoms with Crippen LogP contribution in [0.2, 0.25) is 0 Å². The highest BCUT2D eigenvalue weighted by molar-refractivity contribution is 9.10. The molecule has 0 saturated carbocycles. The summed E-state index contributed by atoms with van der Waals surface area (Å²) in [6.07, 6.45) is 3.26. The Bertz CT molecular complexity index is 420. The maximum absolute atomic E-state index is 4.71. The van der Waals surface area contributed by atoms with Crippen LogP contribution in [-0.4, -0.2) is 33.4 Å². The third-order valence-electron chi connectivity index (χ3n) is 3.78. The zero-order valence-electron chi connectivity index (χ0n) is 14.1. The van der Waals surface area contributed by atoms with E-state index in [0.29, 0.717) is 6.04 Å². The summed E-state index contributed by atoms with van der Waals surface area (Å²) >= 11 is 5.83. The molecule has 0 aromatic carbocycles. The van der Waals surface area contributed by atoms with Gasteiger partial charge in [-0.3, -0.25) is 4.68 Å². The number of nitrogens with one attached hydrogen (secondary N) is 1. The van der Waals surface area contributed by atoms with Crippen molar-refractivity contribution in [3.05, 3.63) is 15.9 Å². The van der Waals surface area contributed by atoms with Crippen LogP contribution in [0.25, 0.3) is 0 Å². The highest BCUT2D eigenvalue weighted by atomic mass is 79.9. The normalized spacial score (nSPS) is 14.4. The van der Waals surface area contributed by atoms with E-state index in [-0.39, 0.29) is 0 Å². The smallest absolute Gasteiger partial charge is 0.0766 e. The van der Waals surface area contributed by atoms with Crippen LogP contribution >= 0.6 is 27.7 Å². The molecule has 1 rings (SSSR count). The highest BCUT2D eigenvalue weighted by Gasteiger charge is 2.18. The lowest BCUT2D eigenvalue weighted by Gasteiger charge is -2.20. The van der Waals surface area contributed by atoms with Gasteiger partial charge in [-0.15, -0.1) is 0 Å². The SMILES string of the molecule is CCNC(CSC(C)CC)Cc1c(Br)c(CC)nn1CC. The Kier molecular flexibility index (Phi) is 8.98. The molecule has 0 spiro atoms. The first-order chi connectivity index (χ1) is 10.1. The largest absolute Gasteiger partial charge is 0.313 e. The molecule has 1 aromatic heterocycles. The number of rotatable bonds is 10. The molecule has 5 heteroatoms. The van der Waals surface area contributed by atoms with Crippen molar-refractivity contribution in [2.24, 2.45) is 0 Å². The van der Waals surface area contributed by atoms with E-state index in [0.717, 1.165) is 36.9 Å². The molecule has 2 unspecified atom stereocenters. The average Bonchev–Trinajstić information content (AvgIpc) is 2.80. The summed E-state index contributed by atoms with van der Waals surface area (Å²) in [5, 5.41) is 9.07. The van der Waals surface area contributed by atoms with Gasteiger partial charge in [0.25, 0.3) is 0 Å². The Morgan fingerprint density at radius 2 is 2.00 bits per heavy atom. The molecular formula is C16H30BrN3S. The Hall–Kier alpha value is 0. The molecule has 0 radical (unpaired) electrons. The third-order valence-corrected chi connectivity index (χ3v) is 6.20. The van der Waals surface area contributed by atoms with Gasteiger partial charge in [0.1, 0.15) is 0 Å². The van der Waals surface area contributed by atoms with Crippen molar-refractivity contribution >= 4 is 27.7 Å². The highest BCUT2D eigenvalue weighted by Crippen LogP contribution is 2.25. The first-order valence-electron chi connectivity index (χ1n) is 8.16. The van der Waals surface area contributed by atoms with E-state index >= 15 is 0 Å². The number of halogens is 1. The summed E-state index contributed by atoms with van der Waals surface area (Å²) in [5.41, 5.74) is 2.52. The molecule has 1 aromatic rings. The predicted octanol–water partition coefficient (Wildman–Crippen LogP) is 4.28. The molecule has 2 atom stereocenters. The van der Waals surface area contributed by atoms with E-state index in [9.17, 15) is 0 Å². The topological polar surface area (TPSA) is 29.9 Å². The molecule has 0 saturated heterocycles. The summed E-state index contributed by atoms with van der Waals surface area (Å²) in [4.78, 5) is 0. The van der Waals surface area contributed by atoms with Gasteiger partial charge in [-0.25, -0.2) is 0 Å². The maximum Gasteiger partial charge on any atom is 0.0766 e. The van der Waals surface area contributed by atoms with Gasteiger partial charge in [-0.1, -0.05) is 27.7 Å². The summed E-state index contributed by atoms with van der Waals surface area (Å²) in [7, 11) is 0. The van der Waals surface area contributed by atoms with Crippen LogP contribution in [0.5, 0.6) is 0 Å². The number of aromatic nitrogens is 2. The molecule has 0 bridgehead atoms. The number of hydrogen-bond acceptors (Lipinski definition) is 3. The first-order valence-corrected chi connectivity index (χ1v) is 10.00. The monoisotopic (exact) mass is 375 g/mol. The lowest BCUT2D eigenvalue weighted by molar-refractivity contribution is 0.531. The molecule has 0 fully saturated rings. The van der Waals surface area contributed by atoms with Gasteiger partial charge < -0.3 is 5.32 Å². The molecule has 0 aliphatic carbocycles. The van der Waals surface area contributed by atoms with Gasteiger partial charge in [0, 0.05) is 30.0 Å². The third kappa shape index (κ3) is 5.61. The fraction of sp³-hybridized carbons (Fsp3) is 0.812. The van der Waals surface area contributed by atoms with E-state index in [1.807, 2.05) is 0 Å². The number of nitrogens with zero attached hydrogens (tertiary/aromatic N) is 2. The molecule has 0 aliphatic rings. The Morgan fingerprint density at radius 3 is 2.52 bits per heavy atom. The van der Waals surface area contributed by atoms with Crippen molar-refractivity contribution in [3.63, 3.8) is 0 Å².